The Morgan fingerprint density at radius 2 is 2.44 bits per heavy atom. The molecule has 0 aromatic heterocycles. The highest BCUT2D eigenvalue weighted by Crippen LogP contribution is 1.96. The van der Waals surface area contributed by atoms with Gasteiger partial charge in [-0.15, -0.1) is 0 Å². The van der Waals surface area contributed by atoms with E-state index in [1.54, 1.807) is 11.8 Å². The normalized spacial score (nSPS) is 11.9. The largest absolute Gasteiger partial charge is 0.418 e. The predicted molar refractivity (Wildman–Crippen MR) is 39.1 cm³/mol. The molecular formula is C5H11NO2S. The van der Waals surface area contributed by atoms with Crippen LogP contribution >= 0.6 is 11.8 Å². The van der Waals surface area contributed by atoms with Crippen molar-refractivity contribution in [3.8, 4) is 0 Å². The minimum atomic E-state index is -0.139. The Morgan fingerprint density at radius 3 is 2.89 bits per heavy atom. The minimum absolute atomic E-state index is 0.139. The molecule has 9 heavy (non-hydrogen) atoms. The lowest BCUT2D eigenvalue weighted by molar-refractivity contribution is -0.723. The van der Waals surface area contributed by atoms with E-state index < -0.39 is 0 Å². The Bertz CT molecular complexity index is 91.0. The number of rotatable bonds is 4. The van der Waals surface area contributed by atoms with E-state index in [-0.39, 0.29) is 4.90 Å². The van der Waals surface area contributed by atoms with Crippen LogP contribution in [0.15, 0.2) is 0 Å². The second-order valence-electron chi connectivity index (χ2n) is 1.62. The maximum atomic E-state index is 9.82. The molecule has 0 aliphatic carbocycles. The van der Waals surface area contributed by atoms with E-state index in [2.05, 4.69) is 0 Å². The van der Waals surface area contributed by atoms with E-state index >= 15 is 0 Å². The van der Waals surface area contributed by atoms with Crippen LogP contribution < -0.4 is 0 Å². The van der Waals surface area contributed by atoms with E-state index in [0.717, 1.165) is 12.2 Å². The van der Waals surface area contributed by atoms with Gasteiger partial charge in [0.2, 0.25) is 6.21 Å². The monoisotopic (exact) mass is 149 g/mol. The summed E-state index contributed by atoms with van der Waals surface area (Å²) in [6, 6.07) is 0. The molecule has 0 spiro atoms. The van der Waals surface area contributed by atoms with Crippen LogP contribution in [0.1, 0.15) is 12.8 Å². The Morgan fingerprint density at radius 1 is 1.78 bits per heavy atom. The molecule has 0 heterocycles. The van der Waals surface area contributed by atoms with Gasteiger partial charge >= 0.3 is 0 Å². The maximum Gasteiger partial charge on any atom is 0.209 e. The smallest absolute Gasteiger partial charge is 0.209 e. The molecule has 0 fully saturated rings. The SMILES string of the molecule is CSCCC/C=[N+](/[O-])O. The van der Waals surface area contributed by atoms with Gasteiger partial charge in [0.05, 0.1) is 0 Å². The van der Waals surface area contributed by atoms with E-state index in [1.807, 2.05) is 6.26 Å². The molecule has 0 saturated carbocycles. The summed E-state index contributed by atoms with van der Waals surface area (Å²) in [6.07, 6.45) is 4.82. The number of hydrogen-bond acceptors (Lipinski definition) is 3. The standard InChI is InChI=1S/C5H11NO2S/c1-9-5-3-2-4-6(7)8/h4H,2-3,5H2,1H3,(H,7,8). The molecule has 0 aliphatic rings. The van der Waals surface area contributed by atoms with Gasteiger partial charge < -0.3 is 5.21 Å². The van der Waals surface area contributed by atoms with Gasteiger partial charge in [-0.25, -0.2) is 0 Å². The molecule has 3 nitrogen and oxygen atoms in total. The molecule has 0 rings (SSSR count). The van der Waals surface area contributed by atoms with Crippen LogP contribution in [-0.4, -0.2) is 28.3 Å². The third-order valence-corrected chi connectivity index (χ3v) is 1.53. The second kappa shape index (κ2) is 5.75. The third-order valence-electron chi connectivity index (χ3n) is 0.838. The van der Waals surface area contributed by atoms with Gasteiger partial charge in [0.1, 0.15) is 0 Å². The highest BCUT2D eigenvalue weighted by atomic mass is 32.2. The van der Waals surface area contributed by atoms with Gasteiger partial charge in [0.25, 0.3) is 0 Å². The first-order valence-corrected chi connectivity index (χ1v) is 4.14. The van der Waals surface area contributed by atoms with Gasteiger partial charge in [0.15, 0.2) is 0 Å². The summed E-state index contributed by atoms with van der Waals surface area (Å²) in [5.74, 6) is 1.03. The average Bonchev–Trinajstić information content (AvgIpc) is 1.80. The molecule has 54 valence electrons. The molecule has 1 N–H and O–H groups in total. The Hall–Kier alpha value is -0.380. The van der Waals surface area contributed by atoms with Crippen molar-refractivity contribution in [2.45, 2.75) is 12.8 Å². The third kappa shape index (κ3) is 7.62. The summed E-state index contributed by atoms with van der Waals surface area (Å²) in [5, 5.41) is 17.9. The van der Waals surface area contributed by atoms with Gasteiger partial charge in [-0.2, -0.15) is 11.8 Å². The molecule has 0 bridgehead atoms. The van der Waals surface area contributed by atoms with Crippen molar-refractivity contribution in [3.63, 3.8) is 0 Å². The van der Waals surface area contributed by atoms with Crippen LogP contribution in [0.3, 0.4) is 0 Å². The van der Waals surface area contributed by atoms with E-state index in [9.17, 15) is 5.21 Å². The van der Waals surface area contributed by atoms with Gasteiger partial charge in [-0.3, -0.25) is 5.21 Å². The van der Waals surface area contributed by atoms with Crippen molar-refractivity contribution >= 4 is 18.0 Å². The summed E-state index contributed by atoms with van der Waals surface area (Å²) < 4.78 is 0. The van der Waals surface area contributed by atoms with Crippen LogP contribution in [0, 0.1) is 5.21 Å². The first kappa shape index (κ1) is 8.62. The quantitative estimate of drug-likeness (QED) is 0.214. The molecule has 0 aromatic carbocycles. The number of hydrogen-bond donors (Lipinski definition) is 1. The molecular weight excluding hydrogens is 138 g/mol. The Kier molecular flexibility index (Phi) is 5.51. The molecule has 4 heteroatoms. The highest BCUT2D eigenvalue weighted by Gasteiger charge is 1.87. The van der Waals surface area contributed by atoms with Crippen LogP contribution in [0.2, 0.25) is 0 Å². The van der Waals surface area contributed by atoms with Crippen molar-refractivity contribution < 1.29 is 10.1 Å². The van der Waals surface area contributed by atoms with E-state index in [4.69, 9.17) is 5.21 Å². The summed E-state index contributed by atoms with van der Waals surface area (Å²) in [6.45, 7) is 0. The van der Waals surface area contributed by atoms with Crippen LogP contribution in [0.25, 0.3) is 0 Å². The lowest BCUT2D eigenvalue weighted by Gasteiger charge is -1.88. The molecule has 0 unspecified atom stereocenters. The summed E-state index contributed by atoms with van der Waals surface area (Å²) in [4.78, 5) is -0.139. The molecule has 0 aromatic rings. The highest BCUT2D eigenvalue weighted by molar-refractivity contribution is 7.98. The van der Waals surface area contributed by atoms with Gasteiger partial charge in [-0.05, 0) is 18.4 Å². The zero-order chi connectivity index (χ0) is 7.11. The Labute approximate surface area is 58.9 Å². The Balaban J connectivity index is 3.00. The molecule has 0 amide bonds. The first-order chi connectivity index (χ1) is 4.27. The lowest BCUT2D eigenvalue weighted by Crippen LogP contribution is -1.96. The van der Waals surface area contributed by atoms with Crippen molar-refractivity contribution in [1.82, 2.24) is 0 Å². The summed E-state index contributed by atoms with van der Waals surface area (Å²) in [7, 11) is 0. The van der Waals surface area contributed by atoms with E-state index in [1.165, 1.54) is 6.21 Å². The van der Waals surface area contributed by atoms with Crippen molar-refractivity contribution in [2.24, 2.45) is 0 Å². The summed E-state index contributed by atoms with van der Waals surface area (Å²) >= 11 is 1.73. The number of unbranched alkanes of at least 4 members (excludes halogenated alkanes) is 1. The van der Waals surface area contributed by atoms with Crippen molar-refractivity contribution in [3.05, 3.63) is 5.21 Å². The van der Waals surface area contributed by atoms with Crippen LogP contribution in [-0.2, 0) is 0 Å². The average molecular weight is 149 g/mol. The van der Waals surface area contributed by atoms with E-state index in [0.29, 0.717) is 6.42 Å². The van der Waals surface area contributed by atoms with Crippen LogP contribution in [0.5, 0.6) is 0 Å². The number of nitrogens with zero attached hydrogens (tertiary/aromatic N) is 1. The fraction of sp³-hybridized carbons (Fsp3) is 0.800. The minimum Gasteiger partial charge on any atom is -0.418 e. The number of thioether (sulfide) groups is 1. The molecule has 0 radical (unpaired) electrons. The zero-order valence-corrected chi connectivity index (χ0v) is 6.23. The van der Waals surface area contributed by atoms with Gasteiger partial charge in [-0.1, -0.05) is 0 Å². The van der Waals surface area contributed by atoms with Crippen molar-refractivity contribution in [2.75, 3.05) is 12.0 Å². The second-order valence-corrected chi connectivity index (χ2v) is 2.61. The zero-order valence-electron chi connectivity index (χ0n) is 5.41. The van der Waals surface area contributed by atoms with Gasteiger partial charge in [0, 0.05) is 11.3 Å². The molecule has 0 atom stereocenters. The maximum absolute atomic E-state index is 9.82. The topological polar surface area (TPSA) is 46.3 Å². The van der Waals surface area contributed by atoms with Crippen molar-refractivity contribution in [1.29, 1.82) is 0 Å². The fourth-order valence-corrected chi connectivity index (χ4v) is 0.885. The predicted octanol–water partition coefficient (Wildman–Crippen LogP) is 1.10. The molecule has 0 saturated heterocycles. The fourth-order valence-electron chi connectivity index (χ4n) is 0.429. The summed E-state index contributed by atoms with van der Waals surface area (Å²) in [5.41, 5.74) is 0. The first-order valence-electron chi connectivity index (χ1n) is 2.75. The van der Waals surface area contributed by atoms with Crippen LogP contribution in [0.4, 0.5) is 0 Å². The lowest BCUT2D eigenvalue weighted by atomic mass is 10.4. The molecule has 0 aliphatic heterocycles.